The maximum absolute atomic E-state index is 12.0. The van der Waals surface area contributed by atoms with Crippen LogP contribution >= 0.6 is 23.2 Å². The molecule has 0 spiro atoms. The molecular weight excluding hydrogens is 337 g/mol. The van der Waals surface area contributed by atoms with Crippen molar-refractivity contribution in [2.24, 2.45) is 11.5 Å². The Labute approximate surface area is 143 Å². The lowest BCUT2D eigenvalue weighted by Gasteiger charge is -2.09. The van der Waals surface area contributed by atoms with Crippen molar-refractivity contribution in [2.45, 2.75) is 12.6 Å². The van der Waals surface area contributed by atoms with Gasteiger partial charge < -0.3 is 11.5 Å². The lowest BCUT2D eigenvalue weighted by molar-refractivity contribution is -0.119. The first-order valence-electron chi connectivity index (χ1n) is 6.76. The molecule has 0 aliphatic carbocycles. The van der Waals surface area contributed by atoms with Crippen LogP contribution in [0.15, 0.2) is 42.5 Å². The number of nitrogens with one attached hydrogen (secondary N) is 1. The number of amides is 2. The van der Waals surface area contributed by atoms with Gasteiger partial charge in [-0.05, 0) is 35.4 Å². The third kappa shape index (κ3) is 4.53. The quantitative estimate of drug-likeness (QED) is 0.736. The van der Waals surface area contributed by atoms with Crippen molar-refractivity contribution >= 4 is 35.0 Å². The highest BCUT2D eigenvalue weighted by Crippen LogP contribution is 2.24. The average molecular weight is 352 g/mol. The lowest BCUT2D eigenvalue weighted by Crippen LogP contribution is -2.32. The highest BCUT2D eigenvalue weighted by molar-refractivity contribution is 6.36. The minimum atomic E-state index is -0.615. The van der Waals surface area contributed by atoms with Crippen molar-refractivity contribution < 1.29 is 9.59 Å². The Kier molecular flexibility index (Phi) is 5.74. The predicted molar refractivity (Wildman–Crippen MR) is 90.2 cm³/mol. The molecule has 2 amide bonds. The Bertz CT molecular complexity index is 710. The Morgan fingerprint density at radius 3 is 2.09 bits per heavy atom. The molecule has 0 aliphatic heterocycles. The van der Waals surface area contributed by atoms with Gasteiger partial charge in [-0.25, -0.2) is 0 Å². The molecule has 0 fully saturated rings. The largest absolute Gasteiger partial charge is 0.312 e. The fourth-order valence-electron chi connectivity index (χ4n) is 1.96. The standard InChI is InChI=1S/C16H15Cl2N3O2/c17-12-2-1-3-13(18)11(12)8-14(22)21-16(23)10-6-4-9(5-7-10)15(19)20/h1-7,15H,8,19-20H2,(H,21,22,23). The molecule has 0 saturated heterocycles. The van der Waals surface area contributed by atoms with E-state index in [0.29, 0.717) is 26.7 Å². The topological polar surface area (TPSA) is 98.2 Å². The van der Waals surface area contributed by atoms with E-state index in [-0.39, 0.29) is 6.42 Å². The van der Waals surface area contributed by atoms with E-state index in [2.05, 4.69) is 5.32 Å². The Balaban J connectivity index is 2.03. The molecule has 7 heteroatoms. The fourth-order valence-corrected chi connectivity index (χ4v) is 2.49. The fraction of sp³-hybridized carbons (Fsp3) is 0.125. The third-order valence-electron chi connectivity index (χ3n) is 3.21. The van der Waals surface area contributed by atoms with Crippen molar-refractivity contribution in [3.05, 3.63) is 69.2 Å². The van der Waals surface area contributed by atoms with Crippen LogP contribution in [0.1, 0.15) is 27.7 Å². The van der Waals surface area contributed by atoms with Crippen LogP contribution < -0.4 is 16.8 Å². The molecule has 0 atom stereocenters. The van der Waals surface area contributed by atoms with Crippen LogP contribution in [0.25, 0.3) is 0 Å². The first-order valence-corrected chi connectivity index (χ1v) is 7.52. The van der Waals surface area contributed by atoms with Gasteiger partial charge in [0.15, 0.2) is 0 Å². The SMILES string of the molecule is NC(N)c1ccc(C(=O)NC(=O)Cc2c(Cl)cccc2Cl)cc1. The molecule has 0 aliphatic rings. The van der Waals surface area contributed by atoms with Gasteiger partial charge in [-0.3, -0.25) is 14.9 Å². The van der Waals surface area contributed by atoms with Gasteiger partial charge in [0.05, 0.1) is 12.6 Å². The molecule has 2 rings (SSSR count). The Hall–Kier alpha value is -1.92. The van der Waals surface area contributed by atoms with E-state index in [9.17, 15) is 9.59 Å². The third-order valence-corrected chi connectivity index (χ3v) is 3.92. The molecule has 5 N–H and O–H groups in total. The molecule has 23 heavy (non-hydrogen) atoms. The van der Waals surface area contributed by atoms with Gasteiger partial charge in [-0.15, -0.1) is 0 Å². The molecule has 0 aromatic heterocycles. The smallest absolute Gasteiger partial charge is 0.257 e. The molecule has 2 aromatic rings. The number of halogens is 2. The summed E-state index contributed by atoms with van der Waals surface area (Å²) >= 11 is 12.0. The van der Waals surface area contributed by atoms with E-state index in [1.165, 1.54) is 0 Å². The van der Waals surface area contributed by atoms with Crippen LogP contribution in [0.4, 0.5) is 0 Å². The summed E-state index contributed by atoms with van der Waals surface area (Å²) < 4.78 is 0. The number of nitrogens with two attached hydrogens (primary N) is 2. The number of carbonyl (C=O) groups excluding carboxylic acids is 2. The van der Waals surface area contributed by atoms with Gasteiger partial charge in [0.2, 0.25) is 5.91 Å². The summed E-state index contributed by atoms with van der Waals surface area (Å²) in [6.45, 7) is 0. The van der Waals surface area contributed by atoms with E-state index in [4.69, 9.17) is 34.7 Å². The van der Waals surface area contributed by atoms with E-state index < -0.39 is 18.0 Å². The minimum absolute atomic E-state index is 0.0873. The molecule has 0 heterocycles. The van der Waals surface area contributed by atoms with E-state index in [0.717, 1.165) is 0 Å². The molecule has 5 nitrogen and oxygen atoms in total. The molecule has 2 aromatic carbocycles. The summed E-state index contributed by atoms with van der Waals surface area (Å²) in [7, 11) is 0. The molecular formula is C16H15Cl2N3O2. The second-order valence-corrected chi connectivity index (χ2v) is 5.72. The Morgan fingerprint density at radius 2 is 1.57 bits per heavy atom. The van der Waals surface area contributed by atoms with Gasteiger partial charge in [0.1, 0.15) is 0 Å². The molecule has 0 radical (unpaired) electrons. The van der Waals surface area contributed by atoms with Crippen LogP contribution in [0.3, 0.4) is 0 Å². The van der Waals surface area contributed by atoms with Crippen molar-refractivity contribution in [1.82, 2.24) is 5.32 Å². The molecule has 0 unspecified atom stereocenters. The zero-order valence-corrected chi connectivity index (χ0v) is 13.6. The second kappa shape index (κ2) is 7.57. The van der Waals surface area contributed by atoms with E-state index in [1.54, 1.807) is 42.5 Å². The van der Waals surface area contributed by atoms with Gasteiger partial charge in [0, 0.05) is 15.6 Å². The summed E-state index contributed by atoms with van der Waals surface area (Å²) in [5, 5.41) is 3.04. The van der Waals surface area contributed by atoms with Crippen LogP contribution in [0.5, 0.6) is 0 Å². The number of benzene rings is 2. The average Bonchev–Trinajstić information content (AvgIpc) is 2.51. The predicted octanol–water partition coefficient (Wildman–Crippen LogP) is 2.41. The number of hydrogen-bond donors (Lipinski definition) is 3. The summed E-state index contributed by atoms with van der Waals surface area (Å²) in [5.41, 5.74) is 12.6. The van der Waals surface area contributed by atoms with Gasteiger partial charge in [-0.2, -0.15) is 0 Å². The van der Waals surface area contributed by atoms with Crippen molar-refractivity contribution in [1.29, 1.82) is 0 Å². The second-order valence-electron chi connectivity index (χ2n) is 4.90. The zero-order valence-electron chi connectivity index (χ0n) is 12.1. The number of carbonyl (C=O) groups is 2. The summed E-state index contributed by atoms with van der Waals surface area (Å²) in [5.74, 6) is -1.01. The van der Waals surface area contributed by atoms with Gasteiger partial charge >= 0.3 is 0 Å². The minimum Gasteiger partial charge on any atom is -0.312 e. The number of imide groups is 1. The van der Waals surface area contributed by atoms with Gasteiger partial charge in [0.25, 0.3) is 5.91 Å². The Morgan fingerprint density at radius 1 is 1.00 bits per heavy atom. The number of rotatable bonds is 4. The first-order chi connectivity index (χ1) is 10.9. The zero-order chi connectivity index (χ0) is 17.0. The summed E-state index contributed by atoms with van der Waals surface area (Å²) in [4.78, 5) is 24.0. The summed E-state index contributed by atoms with van der Waals surface area (Å²) in [6, 6.07) is 11.3. The van der Waals surface area contributed by atoms with Crippen molar-refractivity contribution in [2.75, 3.05) is 0 Å². The molecule has 120 valence electrons. The molecule has 0 saturated carbocycles. The maximum Gasteiger partial charge on any atom is 0.257 e. The highest BCUT2D eigenvalue weighted by atomic mass is 35.5. The lowest BCUT2D eigenvalue weighted by atomic mass is 10.1. The number of hydrogen-bond acceptors (Lipinski definition) is 4. The molecule has 0 bridgehead atoms. The van der Waals surface area contributed by atoms with Crippen LogP contribution in [0, 0.1) is 0 Å². The van der Waals surface area contributed by atoms with Crippen LogP contribution in [-0.4, -0.2) is 11.8 Å². The highest BCUT2D eigenvalue weighted by Gasteiger charge is 2.14. The van der Waals surface area contributed by atoms with E-state index >= 15 is 0 Å². The van der Waals surface area contributed by atoms with E-state index in [1.807, 2.05) is 0 Å². The van der Waals surface area contributed by atoms with Crippen molar-refractivity contribution in [3.63, 3.8) is 0 Å². The summed E-state index contributed by atoms with van der Waals surface area (Å²) in [6.07, 6.45) is -0.702. The van der Waals surface area contributed by atoms with Gasteiger partial charge in [-0.1, -0.05) is 41.4 Å². The maximum atomic E-state index is 12.0. The normalized spacial score (nSPS) is 10.7. The first kappa shape index (κ1) is 17.4. The van der Waals surface area contributed by atoms with Crippen LogP contribution in [0.2, 0.25) is 10.0 Å². The van der Waals surface area contributed by atoms with Crippen molar-refractivity contribution in [3.8, 4) is 0 Å². The van der Waals surface area contributed by atoms with Crippen LogP contribution in [-0.2, 0) is 11.2 Å². The monoisotopic (exact) mass is 351 g/mol.